The maximum atomic E-state index is 4.48. The third kappa shape index (κ3) is 7.15. The average molecular weight is 760 g/mol. The van der Waals surface area contributed by atoms with Crippen LogP contribution in [0.1, 0.15) is 22.3 Å². The van der Waals surface area contributed by atoms with Crippen LogP contribution in [-0.2, 0) is 20.1 Å². The van der Waals surface area contributed by atoms with Gasteiger partial charge < -0.3 is 9.97 Å². The molecule has 45 heavy (non-hydrogen) atoms. The second-order valence-electron chi connectivity index (χ2n) is 11.1. The Bertz CT molecular complexity index is 2030. The zero-order valence-corrected chi connectivity index (χ0v) is 28.2. The standard InChI is InChI=1S/C29H23N2.C12H10N.Ir/c1-19-15-20(2)29(21(3)16-19)26-11-10-24(27-18-30-14-12-25(26)27)22-7-6-8-23(17-22)28-9-4-5-13-31-28;1-10-7-8-13-12(9-10)11-5-3-2-4-6-11;/h4-7,9-18H,1-3H3;2-5,7-9H,1H3;/q2*-1;. The van der Waals surface area contributed by atoms with Crippen LogP contribution in [0.25, 0.3) is 55.5 Å². The SMILES string of the molecule is Cc1cc(C)c(-c2ccc(-c3cc[c-]c(-c4ccccn4)c3)c3cnccc23)c(C)c1.Cc1ccnc(-c2[c-]cccc2)c1.[Ir]. The quantitative estimate of drug-likeness (QED) is 0.168. The molecule has 0 bridgehead atoms. The molecule has 0 saturated heterocycles. The summed E-state index contributed by atoms with van der Waals surface area (Å²) in [4.78, 5) is 13.2. The number of fused-ring (bicyclic) bond motifs is 1. The molecule has 0 fully saturated rings. The molecule has 3 nitrogen and oxygen atoms in total. The van der Waals surface area contributed by atoms with Gasteiger partial charge in [0.2, 0.25) is 0 Å². The van der Waals surface area contributed by atoms with Gasteiger partial charge in [0.1, 0.15) is 0 Å². The van der Waals surface area contributed by atoms with Crippen LogP contribution in [0.5, 0.6) is 0 Å². The molecular weight excluding hydrogens is 727 g/mol. The van der Waals surface area contributed by atoms with Crippen molar-refractivity contribution in [1.29, 1.82) is 0 Å². The van der Waals surface area contributed by atoms with Gasteiger partial charge in [-0.25, -0.2) is 0 Å². The van der Waals surface area contributed by atoms with Crippen LogP contribution in [0.15, 0.2) is 128 Å². The molecule has 0 aliphatic rings. The van der Waals surface area contributed by atoms with Crippen molar-refractivity contribution in [2.45, 2.75) is 27.7 Å². The van der Waals surface area contributed by atoms with Gasteiger partial charge in [-0.3, -0.25) is 4.98 Å². The van der Waals surface area contributed by atoms with E-state index in [9.17, 15) is 0 Å². The number of aryl methyl sites for hydroxylation is 4. The number of hydrogen-bond acceptors (Lipinski definition) is 3. The van der Waals surface area contributed by atoms with Gasteiger partial charge in [-0.1, -0.05) is 53.6 Å². The second-order valence-corrected chi connectivity index (χ2v) is 11.1. The summed E-state index contributed by atoms with van der Waals surface area (Å²) in [5.74, 6) is 0. The molecular formula is C41H33IrN3-2. The van der Waals surface area contributed by atoms with Crippen molar-refractivity contribution < 1.29 is 20.1 Å². The monoisotopic (exact) mass is 760 g/mol. The molecule has 0 unspecified atom stereocenters. The molecule has 0 atom stereocenters. The summed E-state index contributed by atoms with van der Waals surface area (Å²) in [6, 6.07) is 41.7. The van der Waals surface area contributed by atoms with Gasteiger partial charge in [0.25, 0.3) is 0 Å². The number of rotatable bonds is 4. The molecule has 223 valence electrons. The Morgan fingerprint density at radius 3 is 2.02 bits per heavy atom. The molecule has 0 aliphatic heterocycles. The van der Waals surface area contributed by atoms with Crippen molar-refractivity contribution in [3.05, 3.63) is 162 Å². The van der Waals surface area contributed by atoms with Gasteiger partial charge in [0, 0.05) is 50.3 Å². The van der Waals surface area contributed by atoms with Crippen LogP contribution in [0.3, 0.4) is 0 Å². The van der Waals surface area contributed by atoms with Crippen LogP contribution in [0.4, 0.5) is 0 Å². The molecule has 4 heteroatoms. The number of benzene rings is 4. The maximum Gasteiger partial charge on any atom is 0.0352 e. The number of nitrogens with zero attached hydrogens (tertiary/aromatic N) is 3. The fourth-order valence-corrected chi connectivity index (χ4v) is 5.80. The van der Waals surface area contributed by atoms with Crippen molar-refractivity contribution in [2.75, 3.05) is 0 Å². The number of pyridine rings is 3. The molecule has 1 radical (unpaired) electrons. The normalized spacial score (nSPS) is 10.5. The van der Waals surface area contributed by atoms with Gasteiger partial charge in [0.05, 0.1) is 0 Å². The Balaban J connectivity index is 0.000000240. The molecule has 3 heterocycles. The summed E-state index contributed by atoms with van der Waals surface area (Å²) in [5, 5.41) is 2.37. The molecule has 0 aliphatic carbocycles. The zero-order valence-electron chi connectivity index (χ0n) is 25.8. The van der Waals surface area contributed by atoms with Crippen molar-refractivity contribution in [3.63, 3.8) is 0 Å². The first kappa shape index (κ1) is 31.7. The largest absolute Gasteiger partial charge is 0.305 e. The van der Waals surface area contributed by atoms with Crippen LogP contribution in [0.2, 0.25) is 0 Å². The maximum absolute atomic E-state index is 4.48. The topological polar surface area (TPSA) is 38.7 Å². The van der Waals surface area contributed by atoms with Crippen molar-refractivity contribution in [1.82, 2.24) is 15.0 Å². The van der Waals surface area contributed by atoms with E-state index in [2.05, 4.69) is 103 Å². The summed E-state index contributed by atoms with van der Waals surface area (Å²) >= 11 is 0. The molecule has 7 aromatic rings. The third-order valence-corrected chi connectivity index (χ3v) is 7.72. The molecule has 0 saturated carbocycles. The minimum absolute atomic E-state index is 0. The van der Waals surface area contributed by atoms with Gasteiger partial charge in [-0.15, -0.1) is 71.3 Å². The summed E-state index contributed by atoms with van der Waals surface area (Å²) in [6.45, 7) is 8.61. The van der Waals surface area contributed by atoms with Crippen LogP contribution < -0.4 is 0 Å². The first-order chi connectivity index (χ1) is 21.5. The van der Waals surface area contributed by atoms with E-state index in [1.165, 1.54) is 44.3 Å². The van der Waals surface area contributed by atoms with E-state index >= 15 is 0 Å². The average Bonchev–Trinajstić information content (AvgIpc) is 3.05. The van der Waals surface area contributed by atoms with Crippen molar-refractivity contribution >= 4 is 10.8 Å². The predicted octanol–water partition coefficient (Wildman–Crippen LogP) is 10.2. The minimum Gasteiger partial charge on any atom is -0.305 e. The molecule has 0 N–H and O–H groups in total. The van der Waals surface area contributed by atoms with Crippen LogP contribution in [0, 0.1) is 39.8 Å². The molecule has 7 rings (SSSR count). The van der Waals surface area contributed by atoms with E-state index in [1.807, 2.05) is 79.4 Å². The van der Waals surface area contributed by atoms with Gasteiger partial charge in [-0.05, 0) is 90.5 Å². The Kier molecular flexibility index (Phi) is 10.1. The Morgan fingerprint density at radius 1 is 0.533 bits per heavy atom. The number of aromatic nitrogens is 3. The fraction of sp³-hybridized carbons (Fsp3) is 0.0976. The van der Waals surface area contributed by atoms with Crippen LogP contribution >= 0.6 is 0 Å². The van der Waals surface area contributed by atoms with E-state index in [0.717, 1.165) is 33.5 Å². The van der Waals surface area contributed by atoms with Crippen LogP contribution in [-0.4, -0.2) is 15.0 Å². The first-order valence-corrected chi connectivity index (χ1v) is 14.8. The minimum atomic E-state index is 0. The smallest absolute Gasteiger partial charge is 0.0352 e. The second kappa shape index (κ2) is 14.3. The third-order valence-electron chi connectivity index (χ3n) is 7.72. The van der Waals surface area contributed by atoms with Crippen molar-refractivity contribution in [3.8, 4) is 44.8 Å². The molecule has 0 spiro atoms. The summed E-state index contributed by atoms with van der Waals surface area (Å²) in [7, 11) is 0. The van der Waals surface area contributed by atoms with E-state index in [4.69, 9.17) is 0 Å². The van der Waals surface area contributed by atoms with E-state index in [-0.39, 0.29) is 20.1 Å². The Labute approximate surface area is 279 Å². The van der Waals surface area contributed by atoms with Gasteiger partial charge in [-0.2, -0.15) is 0 Å². The summed E-state index contributed by atoms with van der Waals surface area (Å²) < 4.78 is 0. The van der Waals surface area contributed by atoms with Gasteiger partial charge >= 0.3 is 0 Å². The predicted molar refractivity (Wildman–Crippen MR) is 182 cm³/mol. The number of hydrogen-bond donors (Lipinski definition) is 0. The molecule has 0 amide bonds. The van der Waals surface area contributed by atoms with Crippen molar-refractivity contribution in [2.24, 2.45) is 0 Å². The fourth-order valence-electron chi connectivity index (χ4n) is 5.80. The van der Waals surface area contributed by atoms with E-state index < -0.39 is 0 Å². The van der Waals surface area contributed by atoms with E-state index in [0.29, 0.717) is 0 Å². The summed E-state index contributed by atoms with van der Waals surface area (Å²) in [5.41, 5.74) is 13.9. The molecule has 3 aromatic heterocycles. The van der Waals surface area contributed by atoms with E-state index in [1.54, 1.807) is 0 Å². The zero-order chi connectivity index (χ0) is 30.5. The first-order valence-electron chi connectivity index (χ1n) is 14.8. The summed E-state index contributed by atoms with van der Waals surface area (Å²) in [6.07, 6.45) is 7.50. The Hall–Kier alpha value is -4.76. The molecule has 4 aromatic carbocycles. The Morgan fingerprint density at radius 2 is 1.29 bits per heavy atom. The van der Waals surface area contributed by atoms with Gasteiger partial charge in [0.15, 0.2) is 0 Å².